The first-order valence-electron chi connectivity index (χ1n) is 5.17. The molecule has 90 valence electrons. The molecule has 0 amide bonds. The van der Waals surface area contributed by atoms with E-state index < -0.39 is 0 Å². The van der Waals surface area contributed by atoms with Crippen molar-refractivity contribution in [2.45, 2.75) is 6.92 Å². The van der Waals surface area contributed by atoms with Crippen molar-refractivity contribution in [2.75, 3.05) is 12.8 Å². The molecule has 0 fully saturated rings. The molecule has 2 N–H and O–H groups in total. The van der Waals surface area contributed by atoms with E-state index in [4.69, 9.17) is 10.5 Å². The van der Waals surface area contributed by atoms with Gasteiger partial charge in [0.2, 0.25) is 0 Å². The Balaban J connectivity index is 2.64. The summed E-state index contributed by atoms with van der Waals surface area (Å²) in [4.78, 5) is 0. The number of nitrogens with two attached hydrogens (primary N) is 1. The minimum absolute atomic E-state index is 0.671. The summed E-state index contributed by atoms with van der Waals surface area (Å²) in [5.74, 6) is 1.45. The lowest BCUT2D eigenvalue weighted by Gasteiger charge is -2.07. The van der Waals surface area contributed by atoms with Crippen LogP contribution >= 0.6 is 15.9 Å². The third-order valence-corrected chi connectivity index (χ3v) is 3.25. The molecule has 0 atom stereocenters. The van der Waals surface area contributed by atoms with Gasteiger partial charge in [0, 0.05) is 22.6 Å². The van der Waals surface area contributed by atoms with Gasteiger partial charge in [0.05, 0.1) is 7.11 Å². The Hall–Kier alpha value is -1.49. The molecular weight excluding hydrogens is 282 g/mol. The Morgan fingerprint density at radius 3 is 2.65 bits per heavy atom. The molecule has 0 saturated carbocycles. The first-order valence-corrected chi connectivity index (χ1v) is 5.97. The Morgan fingerprint density at radius 2 is 2.12 bits per heavy atom. The minimum Gasteiger partial charge on any atom is -0.496 e. The average molecular weight is 296 g/mol. The highest BCUT2D eigenvalue weighted by atomic mass is 79.9. The predicted octanol–water partition coefficient (Wildman–Crippen LogP) is 2.75. The molecule has 0 bridgehead atoms. The monoisotopic (exact) mass is 295 g/mol. The highest BCUT2D eigenvalue weighted by Gasteiger charge is 2.15. The van der Waals surface area contributed by atoms with Crippen molar-refractivity contribution in [2.24, 2.45) is 7.05 Å². The number of aromatic nitrogens is 2. The number of benzene rings is 1. The molecule has 0 aliphatic carbocycles. The van der Waals surface area contributed by atoms with Gasteiger partial charge in [0.25, 0.3) is 0 Å². The Bertz CT molecular complexity index is 563. The van der Waals surface area contributed by atoms with Gasteiger partial charge < -0.3 is 10.5 Å². The predicted molar refractivity (Wildman–Crippen MR) is 72.0 cm³/mol. The number of hydrogen-bond acceptors (Lipinski definition) is 3. The van der Waals surface area contributed by atoms with Crippen LogP contribution in [-0.2, 0) is 7.05 Å². The molecule has 0 unspecified atom stereocenters. The van der Waals surface area contributed by atoms with Crippen LogP contribution in [0.4, 0.5) is 5.82 Å². The fourth-order valence-electron chi connectivity index (χ4n) is 1.76. The van der Waals surface area contributed by atoms with Crippen molar-refractivity contribution in [1.82, 2.24) is 9.78 Å². The molecule has 1 aromatic heterocycles. The Morgan fingerprint density at radius 1 is 1.41 bits per heavy atom. The van der Waals surface area contributed by atoms with E-state index in [2.05, 4.69) is 21.0 Å². The van der Waals surface area contributed by atoms with Crippen LogP contribution in [0.1, 0.15) is 5.56 Å². The van der Waals surface area contributed by atoms with Crippen LogP contribution in [0.15, 0.2) is 22.7 Å². The maximum Gasteiger partial charge on any atom is 0.129 e. The van der Waals surface area contributed by atoms with E-state index in [1.807, 2.05) is 32.2 Å². The molecule has 0 radical (unpaired) electrons. The van der Waals surface area contributed by atoms with Crippen LogP contribution in [0.3, 0.4) is 0 Å². The standard InChI is InChI=1S/C12H14BrN3O/c1-7-11(15-16(2)12(7)14)9-5-4-8(13)6-10(9)17-3/h4-6H,14H2,1-3H3. The zero-order chi connectivity index (χ0) is 12.6. The summed E-state index contributed by atoms with van der Waals surface area (Å²) in [5, 5.41) is 4.41. The van der Waals surface area contributed by atoms with Gasteiger partial charge in [-0.2, -0.15) is 5.10 Å². The van der Waals surface area contributed by atoms with Gasteiger partial charge in [-0.3, -0.25) is 4.68 Å². The number of rotatable bonds is 2. The average Bonchev–Trinajstić information content (AvgIpc) is 2.57. The number of aryl methyl sites for hydroxylation is 1. The summed E-state index contributed by atoms with van der Waals surface area (Å²) in [6.07, 6.45) is 0. The van der Waals surface area contributed by atoms with E-state index in [1.165, 1.54) is 0 Å². The molecule has 0 saturated heterocycles. The second-order valence-corrected chi connectivity index (χ2v) is 4.74. The van der Waals surface area contributed by atoms with Crippen molar-refractivity contribution in [3.63, 3.8) is 0 Å². The zero-order valence-corrected chi connectivity index (χ0v) is 11.6. The van der Waals surface area contributed by atoms with Gasteiger partial charge in [-0.05, 0) is 25.1 Å². The van der Waals surface area contributed by atoms with Crippen LogP contribution in [0, 0.1) is 6.92 Å². The van der Waals surface area contributed by atoms with Crippen LogP contribution < -0.4 is 10.5 Å². The molecule has 0 aliphatic rings. The number of halogens is 1. The summed E-state index contributed by atoms with van der Waals surface area (Å²) in [7, 11) is 3.48. The van der Waals surface area contributed by atoms with Crippen molar-refractivity contribution >= 4 is 21.7 Å². The topological polar surface area (TPSA) is 53.1 Å². The molecule has 2 rings (SSSR count). The lowest BCUT2D eigenvalue weighted by atomic mass is 10.1. The minimum atomic E-state index is 0.671. The van der Waals surface area contributed by atoms with E-state index in [0.29, 0.717) is 5.82 Å². The van der Waals surface area contributed by atoms with Gasteiger partial charge in [-0.15, -0.1) is 0 Å². The van der Waals surface area contributed by atoms with Crippen molar-refractivity contribution < 1.29 is 4.74 Å². The Labute approximate surface area is 109 Å². The van der Waals surface area contributed by atoms with Crippen LogP contribution in [0.5, 0.6) is 5.75 Å². The summed E-state index contributed by atoms with van der Waals surface area (Å²) in [6, 6.07) is 5.85. The first-order chi connectivity index (χ1) is 8.04. The third-order valence-electron chi connectivity index (χ3n) is 2.76. The third kappa shape index (κ3) is 2.02. The lowest BCUT2D eigenvalue weighted by Crippen LogP contribution is -1.97. The second-order valence-electron chi connectivity index (χ2n) is 3.83. The summed E-state index contributed by atoms with van der Waals surface area (Å²) < 4.78 is 8.01. The van der Waals surface area contributed by atoms with E-state index in [9.17, 15) is 0 Å². The number of anilines is 1. The van der Waals surface area contributed by atoms with Gasteiger partial charge in [-0.1, -0.05) is 15.9 Å². The van der Waals surface area contributed by atoms with Crippen molar-refractivity contribution in [1.29, 1.82) is 0 Å². The SMILES string of the molecule is COc1cc(Br)ccc1-c1nn(C)c(N)c1C. The molecule has 0 aliphatic heterocycles. The van der Waals surface area contributed by atoms with E-state index in [-0.39, 0.29) is 0 Å². The largest absolute Gasteiger partial charge is 0.496 e. The van der Waals surface area contributed by atoms with Crippen molar-refractivity contribution in [3.05, 3.63) is 28.2 Å². The fourth-order valence-corrected chi connectivity index (χ4v) is 2.10. The van der Waals surface area contributed by atoms with Gasteiger partial charge in [-0.25, -0.2) is 0 Å². The quantitative estimate of drug-likeness (QED) is 0.927. The number of nitrogens with zero attached hydrogens (tertiary/aromatic N) is 2. The number of hydrogen-bond donors (Lipinski definition) is 1. The smallest absolute Gasteiger partial charge is 0.129 e. The summed E-state index contributed by atoms with van der Waals surface area (Å²) in [5.41, 5.74) is 8.68. The van der Waals surface area contributed by atoms with E-state index in [1.54, 1.807) is 11.8 Å². The Kier molecular flexibility index (Phi) is 3.11. The van der Waals surface area contributed by atoms with E-state index >= 15 is 0 Å². The molecule has 5 heteroatoms. The maximum absolute atomic E-state index is 5.91. The maximum atomic E-state index is 5.91. The number of methoxy groups -OCH3 is 1. The first kappa shape index (κ1) is 12.0. The molecule has 1 heterocycles. The molecule has 2 aromatic rings. The van der Waals surface area contributed by atoms with Crippen molar-refractivity contribution in [3.8, 4) is 17.0 Å². The molecule has 4 nitrogen and oxygen atoms in total. The molecule has 1 aromatic carbocycles. The van der Waals surface area contributed by atoms with Gasteiger partial charge in [0.1, 0.15) is 17.3 Å². The molecule has 0 spiro atoms. The lowest BCUT2D eigenvalue weighted by molar-refractivity contribution is 0.416. The highest BCUT2D eigenvalue weighted by molar-refractivity contribution is 9.10. The summed E-state index contributed by atoms with van der Waals surface area (Å²) >= 11 is 3.42. The summed E-state index contributed by atoms with van der Waals surface area (Å²) in [6.45, 7) is 1.96. The van der Waals surface area contributed by atoms with Crippen LogP contribution in [0.25, 0.3) is 11.3 Å². The molecule has 17 heavy (non-hydrogen) atoms. The van der Waals surface area contributed by atoms with Gasteiger partial charge in [0.15, 0.2) is 0 Å². The van der Waals surface area contributed by atoms with Gasteiger partial charge >= 0.3 is 0 Å². The zero-order valence-electron chi connectivity index (χ0n) is 9.99. The van der Waals surface area contributed by atoms with Crippen LogP contribution in [0.2, 0.25) is 0 Å². The fraction of sp³-hybridized carbons (Fsp3) is 0.250. The molecular formula is C12H14BrN3O. The second kappa shape index (κ2) is 4.41. The highest BCUT2D eigenvalue weighted by Crippen LogP contribution is 2.34. The van der Waals surface area contributed by atoms with E-state index in [0.717, 1.165) is 27.0 Å². The number of ether oxygens (including phenoxy) is 1. The normalized spacial score (nSPS) is 10.6. The number of nitrogen functional groups attached to an aromatic ring is 1. The van der Waals surface area contributed by atoms with Crippen LogP contribution in [-0.4, -0.2) is 16.9 Å².